The van der Waals surface area contributed by atoms with E-state index in [4.69, 9.17) is 4.74 Å². The zero-order valence-corrected chi connectivity index (χ0v) is 17.3. The lowest BCUT2D eigenvalue weighted by Gasteiger charge is -2.05. The fourth-order valence-corrected chi connectivity index (χ4v) is 4.05. The highest BCUT2D eigenvalue weighted by Gasteiger charge is 2.16. The molecular weight excluding hydrogens is 414 g/mol. The third kappa shape index (κ3) is 4.72. The number of benzene rings is 2. The summed E-state index contributed by atoms with van der Waals surface area (Å²) in [6, 6.07) is 11.3. The highest BCUT2D eigenvalue weighted by molar-refractivity contribution is 7.98. The number of thioether (sulfide) groups is 1. The molecule has 0 aliphatic heterocycles. The number of hydrogen-bond acceptors (Lipinski definition) is 7. The van der Waals surface area contributed by atoms with Crippen LogP contribution in [0.15, 0.2) is 52.4 Å². The molecule has 1 aromatic heterocycles. The summed E-state index contributed by atoms with van der Waals surface area (Å²) >= 11 is 2.74. The van der Waals surface area contributed by atoms with Gasteiger partial charge in [0.1, 0.15) is 6.54 Å². The number of fused-ring (bicyclic) bond motifs is 1. The van der Waals surface area contributed by atoms with Gasteiger partial charge in [0.05, 0.1) is 21.7 Å². The van der Waals surface area contributed by atoms with E-state index in [2.05, 4.69) is 4.99 Å². The van der Waals surface area contributed by atoms with E-state index in [0.29, 0.717) is 15.8 Å². The number of nitro groups is 1. The maximum absolute atomic E-state index is 12.6. The lowest BCUT2D eigenvalue weighted by molar-refractivity contribution is -0.384. The number of esters is 1. The summed E-state index contributed by atoms with van der Waals surface area (Å²) in [6.45, 7) is 1.69. The van der Waals surface area contributed by atoms with Gasteiger partial charge in [-0.1, -0.05) is 11.3 Å². The van der Waals surface area contributed by atoms with Crippen LogP contribution in [0.4, 0.5) is 5.69 Å². The number of hydrogen-bond donors (Lipinski definition) is 0. The van der Waals surface area contributed by atoms with Crippen molar-refractivity contribution < 1.29 is 19.2 Å². The smallest absolute Gasteiger partial charge is 0.326 e. The largest absolute Gasteiger partial charge is 0.465 e. The highest BCUT2D eigenvalue weighted by atomic mass is 32.2. The molecule has 0 fully saturated rings. The van der Waals surface area contributed by atoms with E-state index in [1.165, 1.54) is 28.0 Å². The van der Waals surface area contributed by atoms with Crippen molar-refractivity contribution in [2.24, 2.45) is 4.99 Å². The molecule has 0 unspecified atom stereocenters. The van der Waals surface area contributed by atoms with Crippen LogP contribution in [0, 0.1) is 10.1 Å². The van der Waals surface area contributed by atoms with Crippen LogP contribution in [0.1, 0.15) is 17.3 Å². The average molecular weight is 431 g/mol. The molecule has 0 aliphatic carbocycles. The molecule has 0 atom stereocenters. The number of nitrogens with zero attached hydrogens (tertiary/aromatic N) is 3. The molecule has 0 N–H and O–H groups in total. The second-order valence-corrected chi connectivity index (χ2v) is 7.72. The van der Waals surface area contributed by atoms with Crippen LogP contribution in [0.3, 0.4) is 0 Å². The zero-order chi connectivity index (χ0) is 21.0. The molecule has 1 heterocycles. The Labute approximate surface area is 174 Å². The Bertz CT molecular complexity index is 1150. The van der Waals surface area contributed by atoms with Crippen molar-refractivity contribution in [2.75, 3.05) is 12.9 Å². The molecule has 0 saturated heterocycles. The Morgan fingerprint density at radius 3 is 2.59 bits per heavy atom. The third-order valence-electron chi connectivity index (χ3n) is 4.00. The maximum atomic E-state index is 12.6. The van der Waals surface area contributed by atoms with Crippen LogP contribution in [0.25, 0.3) is 10.2 Å². The molecular formula is C19H17N3O5S2. The molecule has 29 heavy (non-hydrogen) atoms. The van der Waals surface area contributed by atoms with Gasteiger partial charge in [0.2, 0.25) is 0 Å². The fraction of sp³-hybridized carbons (Fsp3) is 0.211. The predicted octanol–water partition coefficient (Wildman–Crippen LogP) is 3.64. The molecule has 0 radical (unpaired) electrons. The summed E-state index contributed by atoms with van der Waals surface area (Å²) in [4.78, 5) is 40.8. The van der Waals surface area contributed by atoms with Gasteiger partial charge in [-0.05, 0) is 43.5 Å². The van der Waals surface area contributed by atoms with Gasteiger partial charge in [-0.3, -0.25) is 19.7 Å². The molecule has 0 spiro atoms. The molecule has 2 aromatic carbocycles. The molecule has 8 nitrogen and oxygen atoms in total. The number of ether oxygens (including phenoxy) is 1. The number of carbonyl (C=O) groups excluding carboxylic acids is 2. The van der Waals surface area contributed by atoms with E-state index in [1.54, 1.807) is 36.9 Å². The predicted molar refractivity (Wildman–Crippen MR) is 111 cm³/mol. The van der Waals surface area contributed by atoms with E-state index < -0.39 is 16.8 Å². The van der Waals surface area contributed by atoms with Gasteiger partial charge in [0.15, 0.2) is 4.80 Å². The van der Waals surface area contributed by atoms with Crippen molar-refractivity contribution in [3.63, 3.8) is 0 Å². The summed E-state index contributed by atoms with van der Waals surface area (Å²) < 4.78 is 7.14. The van der Waals surface area contributed by atoms with Crippen molar-refractivity contribution in [3.8, 4) is 0 Å². The maximum Gasteiger partial charge on any atom is 0.326 e. The van der Waals surface area contributed by atoms with Gasteiger partial charge in [-0.25, -0.2) is 0 Å². The molecule has 150 valence electrons. The van der Waals surface area contributed by atoms with E-state index >= 15 is 0 Å². The molecule has 3 aromatic rings. The second-order valence-electron chi connectivity index (χ2n) is 5.83. The van der Waals surface area contributed by atoms with E-state index in [0.717, 1.165) is 4.90 Å². The molecule has 3 rings (SSSR count). The number of rotatable bonds is 6. The van der Waals surface area contributed by atoms with Crippen molar-refractivity contribution >= 4 is 50.9 Å². The van der Waals surface area contributed by atoms with Gasteiger partial charge in [-0.15, -0.1) is 11.8 Å². The molecule has 0 aliphatic rings. The topological polar surface area (TPSA) is 104 Å². The van der Waals surface area contributed by atoms with Gasteiger partial charge < -0.3 is 9.30 Å². The fourth-order valence-electron chi connectivity index (χ4n) is 2.63. The van der Waals surface area contributed by atoms with Crippen LogP contribution in [0.2, 0.25) is 0 Å². The number of carbonyl (C=O) groups is 2. The standard InChI is InChI=1S/C19H17N3O5S2/c1-3-27-17(23)11-21-15-10-13(22(25)26)6-9-16(15)29-19(21)20-18(24)12-4-7-14(28-2)8-5-12/h4-10H,3,11H2,1-2H3. The van der Waals surface area contributed by atoms with Crippen LogP contribution in [-0.2, 0) is 16.1 Å². The quantitative estimate of drug-likeness (QED) is 0.255. The highest BCUT2D eigenvalue weighted by Crippen LogP contribution is 2.23. The van der Waals surface area contributed by atoms with Crippen LogP contribution in [-0.4, -0.2) is 34.2 Å². The Kier molecular flexibility index (Phi) is 6.45. The first kappa shape index (κ1) is 20.7. The third-order valence-corrected chi connectivity index (χ3v) is 5.81. The Balaban J connectivity index is 2.11. The molecule has 0 bridgehead atoms. The summed E-state index contributed by atoms with van der Waals surface area (Å²) in [6.07, 6.45) is 1.94. The number of nitro benzene ring substituents is 1. The molecule has 0 saturated carbocycles. The molecule has 1 amide bonds. The van der Waals surface area contributed by atoms with Crippen LogP contribution < -0.4 is 4.80 Å². The Morgan fingerprint density at radius 2 is 1.97 bits per heavy atom. The van der Waals surface area contributed by atoms with Gasteiger partial charge in [0.25, 0.3) is 11.6 Å². The van der Waals surface area contributed by atoms with Crippen molar-refractivity contribution in [2.45, 2.75) is 18.4 Å². The van der Waals surface area contributed by atoms with Crippen molar-refractivity contribution in [1.82, 2.24) is 4.57 Å². The number of non-ortho nitro benzene ring substituents is 1. The SMILES string of the molecule is CCOC(=O)Cn1c(=NC(=O)c2ccc(SC)cc2)sc2ccc([N+](=O)[O-])cc21. The van der Waals surface area contributed by atoms with Crippen LogP contribution >= 0.6 is 23.1 Å². The van der Waals surface area contributed by atoms with E-state index in [1.807, 2.05) is 18.4 Å². The normalized spacial score (nSPS) is 11.6. The van der Waals surface area contributed by atoms with Crippen molar-refractivity contribution in [3.05, 3.63) is 62.9 Å². The Morgan fingerprint density at radius 1 is 1.24 bits per heavy atom. The first-order valence-electron chi connectivity index (χ1n) is 8.59. The van der Waals surface area contributed by atoms with Gasteiger partial charge in [0, 0.05) is 22.6 Å². The first-order chi connectivity index (χ1) is 13.9. The summed E-state index contributed by atoms with van der Waals surface area (Å²) in [5, 5.41) is 11.1. The monoisotopic (exact) mass is 431 g/mol. The summed E-state index contributed by atoms with van der Waals surface area (Å²) in [5.41, 5.74) is 0.744. The second kappa shape index (κ2) is 9.01. The summed E-state index contributed by atoms with van der Waals surface area (Å²) in [5.74, 6) is -0.978. The molecule has 10 heteroatoms. The minimum Gasteiger partial charge on any atom is -0.465 e. The van der Waals surface area contributed by atoms with E-state index in [9.17, 15) is 19.7 Å². The average Bonchev–Trinajstić information content (AvgIpc) is 3.04. The van der Waals surface area contributed by atoms with Gasteiger partial charge >= 0.3 is 5.97 Å². The minimum atomic E-state index is -0.517. The summed E-state index contributed by atoms with van der Waals surface area (Å²) in [7, 11) is 0. The lowest BCUT2D eigenvalue weighted by Crippen LogP contribution is -2.23. The lowest BCUT2D eigenvalue weighted by atomic mass is 10.2. The Hall–Kier alpha value is -2.98. The number of amides is 1. The van der Waals surface area contributed by atoms with Gasteiger partial charge in [-0.2, -0.15) is 4.99 Å². The van der Waals surface area contributed by atoms with Crippen LogP contribution in [0.5, 0.6) is 0 Å². The van der Waals surface area contributed by atoms with Crippen molar-refractivity contribution in [1.29, 1.82) is 0 Å². The minimum absolute atomic E-state index is 0.113. The number of aromatic nitrogens is 1. The first-order valence-corrected chi connectivity index (χ1v) is 10.6. The van der Waals surface area contributed by atoms with E-state index in [-0.39, 0.29) is 23.6 Å². The number of thiazole rings is 1. The zero-order valence-electron chi connectivity index (χ0n) is 15.7.